The van der Waals surface area contributed by atoms with E-state index in [2.05, 4.69) is 64.1 Å². The smallest absolute Gasteiger partial charge is 0.260 e. The van der Waals surface area contributed by atoms with E-state index in [1.54, 1.807) is 22.7 Å². The van der Waals surface area contributed by atoms with Crippen LogP contribution in [0.15, 0.2) is 40.6 Å². The van der Waals surface area contributed by atoms with E-state index in [9.17, 15) is 4.79 Å². The Morgan fingerprint density at radius 2 is 2.19 bits per heavy atom. The molecular weight excluding hydrogens is 376 g/mol. The monoisotopic (exact) mass is 396 g/mol. The third kappa shape index (κ3) is 2.86. The Labute approximate surface area is 164 Å². The van der Waals surface area contributed by atoms with Crippen molar-refractivity contribution in [3.05, 3.63) is 62.6 Å². The number of nitrogens with zero attached hydrogens (tertiary/aromatic N) is 3. The highest BCUT2D eigenvalue weighted by atomic mass is 32.1. The first-order chi connectivity index (χ1) is 13.1. The van der Waals surface area contributed by atoms with Gasteiger partial charge in [0.1, 0.15) is 10.7 Å². The Hall–Kier alpha value is -2.22. The van der Waals surface area contributed by atoms with Crippen LogP contribution in [0.2, 0.25) is 0 Å². The van der Waals surface area contributed by atoms with Gasteiger partial charge in [-0.05, 0) is 38.1 Å². The molecule has 1 N–H and O–H groups in total. The second-order valence-corrected chi connectivity index (χ2v) is 9.17. The average molecular weight is 397 g/mol. The van der Waals surface area contributed by atoms with Crippen molar-refractivity contribution in [3.8, 4) is 10.4 Å². The van der Waals surface area contributed by atoms with Crippen LogP contribution in [0, 0.1) is 6.92 Å². The van der Waals surface area contributed by atoms with Crippen LogP contribution in [-0.2, 0) is 13.1 Å². The van der Waals surface area contributed by atoms with Crippen LogP contribution >= 0.6 is 22.7 Å². The largest absolute Gasteiger partial charge is 0.349 e. The number of fused-ring (bicyclic) bond motifs is 2. The van der Waals surface area contributed by atoms with Gasteiger partial charge in [0.25, 0.3) is 5.56 Å². The van der Waals surface area contributed by atoms with E-state index in [-0.39, 0.29) is 5.56 Å². The van der Waals surface area contributed by atoms with Crippen molar-refractivity contribution in [2.24, 2.45) is 0 Å². The summed E-state index contributed by atoms with van der Waals surface area (Å²) in [5.41, 5.74) is 2.28. The Bertz CT molecular complexity index is 1180. The van der Waals surface area contributed by atoms with Gasteiger partial charge in [0.05, 0.1) is 11.9 Å². The van der Waals surface area contributed by atoms with Crippen molar-refractivity contribution in [3.63, 3.8) is 0 Å². The van der Waals surface area contributed by atoms with Gasteiger partial charge in [-0.3, -0.25) is 9.69 Å². The van der Waals surface area contributed by atoms with Crippen LogP contribution in [0.3, 0.4) is 0 Å². The number of nitrogens with one attached hydrogen (secondary N) is 1. The fraction of sp³-hybridized carbons (Fsp3) is 0.300. The van der Waals surface area contributed by atoms with Crippen LogP contribution < -0.4 is 5.56 Å². The molecule has 27 heavy (non-hydrogen) atoms. The summed E-state index contributed by atoms with van der Waals surface area (Å²) in [6.07, 6.45) is 2.13. The third-order valence-corrected chi connectivity index (χ3v) is 7.23. The summed E-state index contributed by atoms with van der Waals surface area (Å²) in [5.74, 6) is 0.745. The lowest BCUT2D eigenvalue weighted by molar-refractivity contribution is 0.157. The molecule has 1 atom stereocenters. The third-order valence-electron chi connectivity index (χ3n) is 5.32. The van der Waals surface area contributed by atoms with Gasteiger partial charge in [-0.25, -0.2) is 4.98 Å². The van der Waals surface area contributed by atoms with E-state index in [0.717, 1.165) is 34.2 Å². The van der Waals surface area contributed by atoms with Crippen molar-refractivity contribution >= 4 is 32.9 Å². The number of thiophene rings is 2. The minimum absolute atomic E-state index is 0.0367. The van der Waals surface area contributed by atoms with Gasteiger partial charge in [0.15, 0.2) is 0 Å². The molecule has 5 heterocycles. The zero-order valence-corrected chi connectivity index (χ0v) is 16.9. The fourth-order valence-electron chi connectivity index (χ4n) is 3.86. The van der Waals surface area contributed by atoms with Crippen LogP contribution in [0.5, 0.6) is 0 Å². The zero-order valence-electron chi connectivity index (χ0n) is 15.2. The van der Waals surface area contributed by atoms with Gasteiger partial charge in [-0.15, -0.1) is 22.7 Å². The normalized spacial score (nSPS) is 17.5. The van der Waals surface area contributed by atoms with Crippen molar-refractivity contribution in [2.45, 2.75) is 33.0 Å². The molecule has 0 radical (unpaired) electrons. The first-order valence-electron chi connectivity index (χ1n) is 9.06. The lowest BCUT2D eigenvalue weighted by Crippen LogP contribution is -2.36. The second kappa shape index (κ2) is 6.44. The van der Waals surface area contributed by atoms with Crippen molar-refractivity contribution in [1.29, 1.82) is 0 Å². The van der Waals surface area contributed by atoms with Gasteiger partial charge < -0.3 is 9.55 Å². The molecule has 4 aromatic rings. The molecule has 0 saturated carbocycles. The number of aromatic amines is 1. The number of aryl methyl sites for hydroxylation is 1. The summed E-state index contributed by atoms with van der Waals surface area (Å²) in [4.78, 5) is 26.2. The second-order valence-electron chi connectivity index (χ2n) is 7.03. The van der Waals surface area contributed by atoms with E-state index < -0.39 is 0 Å². The molecule has 7 heteroatoms. The fourth-order valence-corrected chi connectivity index (χ4v) is 5.79. The van der Waals surface area contributed by atoms with Crippen LogP contribution in [0.1, 0.15) is 29.4 Å². The summed E-state index contributed by atoms with van der Waals surface area (Å²) >= 11 is 3.26. The Morgan fingerprint density at radius 3 is 3.00 bits per heavy atom. The quantitative estimate of drug-likeness (QED) is 0.558. The van der Waals surface area contributed by atoms with E-state index in [0.29, 0.717) is 18.0 Å². The molecule has 0 saturated heterocycles. The molecular formula is C20H20N4OS2. The summed E-state index contributed by atoms with van der Waals surface area (Å²) in [6, 6.07) is 8.75. The predicted molar refractivity (Wildman–Crippen MR) is 112 cm³/mol. The maximum absolute atomic E-state index is 12.8. The molecule has 0 fully saturated rings. The topological polar surface area (TPSA) is 53.9 Å². The Morgan fingerprint density at radius 1 is 1.30 bits per heavy atom. The predicted octanol–water partition coefficient (Wildman–Crippen LogP) is 4.40. The Balaban J connectivity index is 1.48. The summed E-state index contributed by atoms with van der Waals surface area (Å²) < 4.78 is 2.30. The van der Waals surface area contributed by atoms with Crippen molar-refractivity contribution < 1.29 is 0 Å². The van der Waals surface area contributed by atoms with Crippen molar-refractivity contribution in [1.82, 2.24) is 19.4 Å². The van der Waals surface area contributed by atoms with Gasteiger partial charge in [-0.1, -0.05) is 0 Å². The van der Waals surface area contributed by atoms with E-state index in [4.69, 9.17) is 4.98 Å². The van der Waals surface area contributed by atoms with Crippen LogP contribution in [0.25, 0.3) is 20.7 Å². The molecule has 0 aliphatic carbocycles. The molecule has 0 unspecified atom stereocenters. The lowest BCUT2D eigenvalue weighted by atomic mass is 10.1. The number of aromatic nitrogens is 3. The molecule has 1 aliphatic heterocycles. The SMILES string of the molecule is Cc1ccc(-c2csc3nc(CN4CCn5cccc5[C@@H]4C)[nH]c(=O)c23)s1. The first kappa shape index (κ1) is 16.9. The molecule has 5 rings (SSSR count). The molecule has 1 aliphatic rings. The number of rotatable bonds is 3. The Kier molecular flexibility index (Phi) is 4.03. The average Bonchev–Trinajstić information content (AvgIpc) is 3.36. The summed E-state index contributed by atoms with van der Waals surface area (Å²) in [7, 11) is 0. The zero-order chi connectivity index (χ0) is 18.5. The van der Waals surface area contributed by atoms with Gasteiger partial charge in [-0.2, -0.15) is 0 Å². The van der Waals surface area contributed by atoms with E-state index in [1.165, 1.54) is 10.6 Å². The maximum Gasteiger partial charge on any atom is 0.260 e. The number of H-pyrrole nitrogens is 1. The number of hydrogen-bond acceptors (Lipinski definition) is 5. The van der Waals surface area contributed by atoms with Gasteiger partial charge in [0.2, 0.25) is 0 Å². The molecule has 5 nitrogen and oxygen atoms in total. The molecule has 0 bridgehead atoms. The lowest BCUT2D eigenvalue weighted by Gasteiger charge is -2.34. The van der Waals surface area contributed by atoms with Crippen LogP contribution in [-0.4, -0.2) is 26.0 Å². The van der Waals surface area contributed by atoms with Gasteiger partial charge in [0, 0.05) is 51.7 Å². The number of hydrogen-bond donors (Lipinski definition) is 1. The standard InChI is InChI=1S/C20H20N4OS2/c1-12-5-6-16(27-12)14-11-26-20-18(14)19(25)21-17(22-20)10-24-9-8-23-7-3-4-15(23)13(24)2/h3-7,11,13H,8-10H2,1-2H3,(H,21,22,25)/t13-/m0/s1. The highest BCUT2D eigenvalue weighted by Crippen LogP contribution is 2.35. The molecule has 0 amide bonds. The highest BCUT2D eigenvalue weighted by Gasteiger charge is 2.24. The minimum atomic E-state index is -0.0367. The van der Waals surface area contributed by atoms with E-state index >= 15 is 0 Å². The van der Waals surface area contributed by atoms with Gasteiger partial charge >= 0.3 is 0 Å². The minimum Gasteiger partial charge on any atom is -0.349 e. The molecule has 0 spiro atoms. The first-order valence-corrected chi connectivity index (χ1v) is 10.8. The maximum atomic E-state index is 12.8. The van der Waals surface area contributed by atoms with Crippen LogP contribution in [0.4, 0.5) is 0 Å². The summed E-state index contributed by atoms with van der Waals surface area (Å²) in [5, 5.41) is 2.77. The van der Waals surface area contributed by atoms with Crippen molar-refractivity contribution in [2.75, 3.05) is 6.54 Å². The highest BCUT2D eigenvalue weighted by molar-refractivity contribution is 7.19. The molecule has 4 aromatic heterocycles. The van der Waals surface area contributed by atoms with E-state index in [1.807, 2.05) is 0 Å². The molecule has 138 valence electrons. The summed E-state index contributed by atoms with van der Waals surface area (Å²) in [6.45, 7) is 6.88. The molecule has 0 aromatic carbocycles.